The Labute approximate surface area is 116 Å². The first kappa shape index (κ1) is 14.4. The molecule has 0 bridgehead atoms. The summed E-state index contributed by atoms with van der Waals surface area (Å²) < 4.78 is 5.76. The highest BCUT2D eigenvalue weighted by atomic mass is 16.5. The lowest BCUT2D eigenvalue weighted by Crippen LogP contribution is -2.25. The molecule has 1 aliphatic heterocycles. The van der Waals surface area contributed by atoms with Gasteiger partial charge in [0.2, 0.25) is 0 Å². The van der Waals surface area contributed by atoms with Gasteiger partial charge in [0.25, 0.3) is 0 Å². The number of aliphatic hydroxyl groups excluding tert-OH is 1. The molecule has 3 heteroatoms. The van der Waals surface area contributed by atoms with Crippen molar-refractivity contribution in [2.75, 3.05) is 26.2 Å². The van der Waals surface area contributed by atoms with Crippen molar-refractivity contribution in [3.05, 3.63) is 29.3 Å². The number of hydrogen-bond acceptors (Lipinski definition) is 3. The highest BCUT2D eigenvalue weighted by Crippen LogP contribution is 2.34. The van der Waals surface area contributed by atoms with Crippen LogP contribution in [-0.4, -0.2) is 36.2 Å². The SMILES string of the molecule is CCN(CC)CCC(O)c1cccc2c1OCCC2. The largest absolute Gasteiger partial charge is 0.493 e. The Morgan fingerprint density at radius 2 is 2.11 bits per heavy atom. The Kier molecular flexibility index (Phi) is 5.23. The zero-order valence-electron chi connectivity index (χ0n) is 12.1. The lowest BCUT2D eigenvalue weighted by atomic mass is 9.98. The van der Waals surface area contributed by atoms with E-state index < -0.39 is 6.10 Å². The molecule has 106 valence electrons. The molecule has 0 aromatic heterocycles. The highest BCUT2D eigenvalue weighted by Gasteiger charge is 2.19. The number of hydrogen-bond donors (Lipinski definition) is 1. The fourth-order valence-corrected chi connectivity index (χ4v) is 2.68. The Hall–Kier alpha value is -1.06. The number of aliphatic hydroxyl groups is 1. The number of fused-ring (bicyclic) bond motifs is 1. The number of para-hydroxylation sites is 1. The van der Waals surface area contributed by atoms with Crippen LogP contribution in [0, 0.1) is 0 Å². The maximum atomic E-state index is 10.4. The van der Waals surface area contributed by atoms with E-state index in [-0.39, 0.29) is 0 Å². The van der Waals surface area contributed by atoms with E-state index in [2.05, 4.69) is 24.8 Å². The summed E-state index contributed by atoms with van der Waals surface area (Å²) in [7, 11) is 0. The number of ether oxygens (including phenoxy) is 1. The maximum absolute atomic E-state index is 10.4. The van der Waals surface area contributed by atoms with Crippen molar-refractivity contribution in [1.82, 2.24) is 4.90 Å². The van der Waals surface area contributed by atoms with Crippen molar-refractivity contribution in [3.63, 3.8) is 0 Å². The van der Waals surface area contributed by atoms with Gasteiger partial charge >= 0.3 is 0 Å². The predicted octanol–water partition coefficient (Wildman–Crippen LogP) is 2.78. The van der Waals surface area contributed by atoms with Crippen molar-refractivity contribution in [1.29, 1.82) is 0 Å². The lowest BCUT2D eigenvalue weighted by molar-refractivity contribution is 0.139. The van der Waals surface area contributed by atoms with Gasteiger partial charge in [0.1, 0.15) is 5.75 Å². The van der Waals surface area contributed by atoms with Gasteiger partial charge in [-0.25, -0.2) is 0 Å². The first-order chi connectivity index (χ1) is 9.26. The summed E-state index contributed by atoms with van der Waals surface area (Å²) in [6.45, 7) is 8.08. The van der Waals surface area contributed by atoms with Crippen LogP contribution in [0.2, 0.25) is 0 Å². The van der Waals surface area contributed by atoms with Crippen molar-refractivity contribution >= 4 is 0 Å². The van der Waals surface area contributed by atoms with Gasteiger partial charge in [-0.1, -0.05) is 32.0 Å². The molecule has 2 rings (SSSR count). The summed E-state index contributed by atoms with van der Waals surface area (Å²) in [6.07, 6.45) is 2.48. The molecule has 1 aliphatic rings. The van der Waals surface area contributed by atoms with E-state index in [1.54, 1.807) is 0 Å². The first-order valence-electron chi connectivity index (χ1n) is 7.41. The molecule has 0 radical (unpaired) electrons. The molecular weight excluding hydrogens is 238 g/mol. The third-order valence-corrected chi connectivity index (χ3v) is 3.94. The second kappa shape index (κ2) is 6.92. The van der Waals surface area contributed by atoms with Gasteiger partial charge in [-0.3, -0.25) is 0 Å². The Morgan fingerprint density at radius 3 is 2.84 bits per heavy atom. The van der Waals surface area contributed by atoms with Gasteiger partial charge in [-0.05, 0) is 37.9 Å². The molecule has 19 heavy (non-hydrogen) atoms. The minimum Gasteiger partial charge on any atom is -0.493 e. The zero-order chi connectivity index (χ0) is 13.7. The van der Waals surface area contributed by atoms with Crippen molar-refractivity contribution in [2.24, 2.45) is 0 Å². The molecule has 0 saturated carbocycles. The second-order valence-corrected chi connectivity index (χ2v) is 5.12. The Morgan fingerprint density at radius 1 is 1.32 bits per heavy atom. The summed E-state index contributed by atoms with van der Waals surface area (Å²) in [4.78, 5) is 2.33. The van der Waals surface area contributed by atoms with Crippen LogP contribution in [0.4, 0.5) is 0 Å². The third kappa shape index (κ3) is 3.48. The molecule has 3 nitrogen and oxygen atoms in total. The monoisotopic (exact) mass is 263 g/mol. The van der Waals surface area contributed by atoms with E-state index in [4.69, 9.17) is 4.74 Å². The average molecular weight is 263 g/mol. The summed E-state index contributed by atoms with van der Waals surface area (Å²) in [5, 5.41) is 10.4. The van der Waals surface area contributed by atoms with Crippen molar-refractivity contribution in [2.45, 2.75) is 39.2 Å². The molecule has 0 spiro atoms. The van der Waals surface area contributed by atoms with Gasteiger partial charge in [-0.2, -0.15) is 0 Å². The maximum Gasteiger partial charge on any atom is 0.128 e. The molecule has 1 atom stereocenters. The summed E-state index contributed by atoms with van der Waals surface area (Å²) in [6, 6.07) is 6.13. The quantitative estimate of drug-likeness (QED) is 0.856. The third-order valence-electron chi connectivity index (χ3n) is 3.94. The Balaban J connectivity index is 2.04. The zero-order valence-corrected chi connectivity index (χ0v) is 12.1. The minimum absolute atomic E-state index is 0.423. The van der Waals surface area contributed by atoms with Gasteiger partial charge in [0, 0.05) is 12.1 Å². The molecule has 1 unspecified atom stereocenters. The standard InChI is InChI=1S/C16H25NO2/c1-3-17(4-2)11-10-15(18)14-9-5-7-13-8-6-12-19-16(13)14/h5,7,9,15,18H,3-4,6,8,10-12H2,1-2H3. The molecular formula is C16H25NO2. The lowest BCUT2D eigenvalue weighted by Gasteiger charge is -2.24. The molecule has 0 saturated heterocycles. The minimum atomic E-state index is -0.423. The summed E-state index contributed by atoms with van der Waals surface area (Å²) in [5.74, 6) is 0.931. The molecule has 1 N–H and O–H groups in total. The van der Waals surface area contributed by atoms with Crippen LogP contribution in [0.5, 0.6) is 5.75 Å². The Bertz CT molecular complexity index is 402. The molecule has 1 aromatic carbocycles. The molecule has 0 aliphatic carbocycles. The van der Waals surface area contributed by atoms with Crippen LogP contribution in [-0.2, 0) is 6.42 Å². The molecule has 1 heterocycles. The fraction of sp³-hybridized carbons (Fsp3) is 0.625. The smallest absolute Gasteiger partial charge is 0.128 e. The number of benzene rings is 1. The van der Waals surface area contributed by atoms with Crippen LogP contribution in [0.25, 0.3) is 0 Å². The van der Waals surface area contributed by atoms with Gasteiger partial charge in [0.05, 0.1) is 12.7 Å². The summed E-state index contributed by atoms with van der Waals surface area (Å²) in [5.41, 5.74) is 2.20. The normalized spacial score (nSPS) is 16.0. The topological polar surface area (TPSA) is 32.7 Å². The second-order valence-electron chi connectivity index (χ2n) is 5.12. The van der Waals surface area contributed by atoms with Crippen LogP contribution in [0.15, 0.2) is 18.2 Å². The van der Waals surface area contributed by atoms with Crippen molar-refractivity contribution < 1.29 is 9.84 Å². The van der Waals surface area contributed by atoms with E-state index >= 15 is 0 Å². The number of nitrogens with zero attached hydrogens (tertiary/aromatic N) is 1. The average Bonchev–Trinajstić information content (AvgIpc) is 2.47. The number of aryl methyl sites for hydroxylation is 1. The number of rotatable bonds is 6. The van der Waals surface area contributed by atoms with E-state index in [0.717, 1.165) is 56.8 Å². The van der Waals surface area contributed by atoms with E-state index in [1.165, 1.54) is 5.56 Å². The first-order valence-corrected chi connectivity index (χ1v) is 7.41. The highest BCUT2D eigenvalue weighted by molar-refractivity contribution is 5.43. The summed E-state index contributed by atoms with van der Waals surface area (Å²) >= 11 is 0. The van der Waals surface area contributed by atoms with E-state index in [9.17, 15) is 5.11 Å². The van der Waals surface area contributed by atoms with Gasteiger partial charge in [0.15, 0.2) is 0 Å². The van der Waals surface area contributed by atoms with Gasteiger partial charge in [-0.15, -0.1) is 0 Å². The predicted molar refractivity (Wildman–Crippen MR) is 77.6 cm³/mol. The van der Waals surface area contributed by atoms with E-state index in [0.29, 0.717) is 0 Å². The fourth-order valence-electron chi connectivity index (χ4n) is 2.68. The molecule has 0 amide bonds. The van der Waals surface area contributed by atoms with Crippen LogP contribution in [0.3, 0.4) is 0 Å². The van der Waals surface area contributed by atoms with Crippen LogP contribution in [0.1, 0.15) is 43.9 Å². The molecule has 0 fully saturated rings. The van der Waals surface area contributed by atoms with Crippen molar-refractivity contribution in [3.8, 4) is 5.75 Å². The van der Waals surface area contributed by atoms with Gasteiger partial charge < -0.3 is 14.7 Å². The van der Waals surface area contributed by atoms with Crippen LogP contribution < -0.4 is 4.74 Å². The van der Waals surface area contributed by atoms with E-state index in [1.807, 2.05) is 12.1 Å². The molecule has 1 aromatic rings. The van der Waals surface area contributed by atoms with Crippen LogP contribution >= 0.6 is 0 Å².